The van der Waals surface area contributed by atoms with Gasteiger partial charge < -0.3 is 19.5 Å². The van der Waals surface area contributed by atoms with Crippen molar-refractivity contribution in [2.45, 2.75) is 25.4 Å². The number of hydrogen-bond donors (Lipinski definition) is 1. The molecule has 1 amide bonds. The van der Waals surface area contributed by atoms with Crippen LogP contribution in [0.2, 0.25) is 0 Å². The highest BCUT2D eigenvalue weighted by Crippen LogP contribution is 2.31. The summed E-state index contributed by atoms with van der Waals surface area (Å²) >= 11 is -1.62. The van der Waals surface area contributed by atoms with Gasteiger partial charge in [-0.25, -0.2) is 4.79 Å². The quantitative estimate of drug-likeness (QED) is 0.828. The molecule has 2 saturated heterocycles. The largest absolute Gasteiger partial charge is 0.493 e. The second kappa shape index (κ2) is 8.70. The molecule has 1 N–H and O–H groups in total. The SMILES string of the molecule is COc1cc(CC2COS(=O)OC2)ccc1OC1CCN(C(=O)O)CC1. The number of carbonyl (C=O) groups is 1. The maximum Gasteiger partial charge on any atom is 0.407 e. The maximum atomic E-state index is 11.0. The third-order valence-electron chi connectivity index (χ3n) is 4.56. The Morgan fingerprint density at radius 3 is 2.58 bits per heavy atom. The van der Waals surface area contributed by atoms with Crippen LogP contribution in [-0.4, -0.2) is 59.8 Å². The van der Waals surface area contributed by atoms with E-state index in [4.69, 9.17) is 22.9 Å². The molecule has 0 unspecified atom stereocenters. The molecule has 2 aliphatic rings. The van der Waals surface area contributed by atoms with Gasteiger partial charge in [0.05, 0.1) is 20.3 Å². The molecule has 1 aromatic carbocycles. The van der Waals surface area contributed by atoms with Crippen LogP contribution in [0.15, 0.2) is 18.2 Å². The zero-order valence-electron chi connectivity index (χ0n) is 14.6. The van der Waals surface area contributed by atoms with E-state index < -0.39 is 17.5 Å². The molecule has 0 spiro atoms. The fraction of sp³-hybridized carbons (Fsp3) is 0.588. The second-order valence-electron chi connectivity index (χ2n) is 6.42. The predicted molar refractivity (Wildman–Crippen MR) is 93.5 cm³/mol. The van der Waals surface area contributed by atoms with Crippen LogP contribution in [0.3, 0.4) is 0 Å². The van der Waals surface area contributed by atoms with Crippen LogP contribution in [0.1, 0.15) is 18.4 Å². The van der Waals surface area contributed by atoms with E-state index in [1.807, 2.05) is 18.2 Å². The number of ether oxygens (including phenoxy) is 2. The molecular weight excluding hydrogens is 362 g/mol. The van der Waals surface area contributed by atoms with Gasteiger partial charge in [0.1, 0.15) is 6.10 Å². The Balaban J connectivity index is 1.58. The molecule has 2 heterocycles. The molecule has 0 radical (unpaired) electrons. The number of piperidine rings is 1. The van der Waals surface area contributed by atoms with Crippen LogP contribution in [0.25, 0.3) is 0 Å². The number of hydrogen-bond acceptors (Lipinski definition) is 6. The third-order valence-corrected chi connectivity index (χ3v) is 5.22. The number of benzene rings is 1. The van der Waals surface area contributed by atoms with Crippen molar-refractivity contribution in [3.05, 3.63) is 23.8 Å². The summed E-state index contributed by atoms with van der Waals surface area (Å²) in [6.45, 7) is 1.75. The minimum atomic E-state index is -1.62. The zero-order chi connectivity index (χ0) is 18.5. The average molecular weight is 385 g/mol. The molecule has 2 fully saturated rings. The Labute approximate surface area is 154 Å². The van der Waals surface area contributed by atoms with Crippen LogP contribution < -0.4 is 9.47 Å². The number of likely N-dealkylation sites (tertiary alicyclic amines) is 1. The van der Waals surface area contributed by atoms with E-state index in [9.17, 15) is 9.00 Å². The van der Waals surface area contributed by atoms with E-state index in [1.54, 1.807) is 7.11 Å². The smallest absolute Gasteiger partial charge is 0.407 e. The van der Waals surface area contributed by atoms with E-state index in [1.165, 1.54) is 4.90 Å². The molecular formula is C17H23NO7S. The van der Waals surface area contributed by atoms with Gasteiger partial charge in [-0.3, -0.25) is 8.37 Å². The second-order valence-corrected chi connectivity index (χ2v) is 7.30. The van der Waals surface area contributed by atoms with Crippen molar-refractivity contribution in [1.82, 2.24) is 4.90 Å². The molecule has 8 nitrogen and oxygen atoms in total. The first-order valence-corrected chi connectivity index (χ1v) is 9.55. The summed E-state index contributed by atoms with van der Waals surface area (Å²) in [4.78, 5) is 12.4. The van der Waals surface area contributed by atoms with E-state index >= 15 is 0 Å². The fourth-order valence-electron chi connectivity index (χ4n) is 3.12. The number of methoxy groups -OCH3 is 1. The van der Waals surface area contributed by atoms with E-state index in [0.29, 0.717) is 50.6 Å². The van der Waals surface area contributed by atoms with Crippen molar-refractivity contribution in [3.8, 4) is 11.5 Å². The fourth-order valence-corrected chi connectivity index (χ4v) is 3.79. The Kier molecular flexibility index (Phi) is 6.33. The topological polar surface area (TPSA) is 94.5 Å². The van der Waals surface area contributed by atoms with E-state index in [-0.39, 0.29) is 12.0 Å². The van der Waals surface area contributed by atoms with Crippen molar-refractivity contribution in [2.75, 3.05) is 33.4 Å². The first-order chi connectivity index (χ1) is 12.5. The van der Waals surface area contributed by atoms with Crippen molar-refractivity contribution < 1.29 is 31.9 Å². The highest BCUT2D eigenvalue weighted by Gasteiger charge is 2.25. The lowest BCUT2D eigenvalue weighted by Crippen LogP contribution is -2.41. The minimum Gasteiger partial charge on any atom is -0.493 e. The molecule has 0 aromatic heterocycles. The molecule has 1 aromatic rings. The normalized spacial score (nSPS) is 24.3. The van der Waals surface area contributed by atoms with Crippen LogP contribution in [0.5, 0.6) is 11.5 Å². The van der Waals surface area contributed by atoms with Crippen molar-refractivity contribution >= 4 is 17.5 Å². The Morgan fingerprint density at radius 2 is 1.96 bits per heavy atom. The summed E-state index contributed by atoms with van der Waals surface area (Å²) in [7, 11) is 1.59. The van der Waals surface area contributed by atoms with Crippen LogP contribution in [0, 0.1) is 5.92 Å². The monoisotopic (exact) mass is 385 g/mol. The zero-order valence-corrected chi connectivity index (χ0v) is 15.4. The molecule has 0 bridgehead atoms. The lowest BCUT2D eigenvalue weighted by Gasteiger charge is -2.30. The third kappa shape index (κ3) is 4.87. The Morgan fingerprint density at radius 1 is 1.27 bits per heavy atom. The van der Waals surface area contributed by atoms with Crippen LogP contribution in [0.4, 0.5) is 4.79 Å². The summed E-state index contributed by atoms with van der Waals surface area (Å²) in [5.41, 5.74) is 1.06. The van der Waals surface area contributed by atoms with E-state index in [0.717, 1.165) is 12.0 Å². The minimum absolute atomic E-state index is 0.0273. The summed E-state index contributed by atoms with van der Waals surface area (Å²) in [6.07, 6.45) is 1.13. The molecule has 2 aliphatic heterocycles. The molecule has 26 heavy (non-hydrogen) atoms. The van der Waals surface area contributed by atoms with Crippen LogP contribution in [-0.2, 0) is 26.1 Å². The maximum absolute atomic E-state index is 11.0. The summed E-state index contributed by atoms with van der Waals surface area (Å²) in [6, 6.07) is 5.77. The first-order valence-electron chi connectivity index (χ1n) is 8.55. The molecule has 0 atom stereocenters. The Hall–Kier alpha value is -1.84. The van der Waals surface area contributed by atoms with Gasteiger partial charge in [0.25, 0.3) is 0 Å². The lowest BCUT2D eigenvalue weighted by atomic mass is 10.0. The molecule has 0 saturated carbocycles. The standard InChI is InChI=1S/C17H23NO7S/c1-22-16-9-12(8-13-10-23-26(21)24-11-13)2-3-15(16)25-14-4-6-18(7-5-14)17(19)20/h2-3,9,13-14H,4-8,10-11H2,1H3,(H,19,20). The van der Waals surface area contributed by atoms with Crippen molar-refractivity contribution in [3.63, 3.8) is 0 Å². The van der Waals surface area contributed by atoms with E-state index in [2.05, 4.69) is 0 Å². The van der Waals surface area contributed by atoms with Gasteiger partial charge in [-0.1, -0.05) is 6.07 Å². The highest BCUT2D eigenvalue weighted by atomic mass is 32.2. The molecule has 9 heteroatoms. The van der Waals surface area contributed by atoms with Gasteiger partial charge in [0, 0.05) is 31.8 Å². The highest BCUT2D eigenvalue weighted by molar-refractivity contribution is 7.75. The summed E-state index contributed by atoms with van der Waals surface area (Å²) < 4.78 is 32.6. The average Bonchev–Trinajstić information content (AvgIpc) is 2.65. The van der Waals surface area contributed by atoms with Crippen LogP contribution >= 0.6 is 0 Å². The van der Waals surface area contributed by atoms with Gasteiger partial charge in [-0.2, -0.15) is 4.21 Å². The predicted octanol–water partition coefficient (Wildman–Crippen LogP) is 2.00. The van der Waals surface area contributed by atoms with Crippen molar-refractivity contribution in [2.24, 2.45) is 5.92 Å². The Bertz CT molecular complexity index is 651. The number of carboxylic acid groups (broad SMARTS) is 1. The number of rotatable bonds is 5. The molecule has 0 aliphatic carbocycles. The number of nitrogens with zero attached hydrogens (tertiary/aromatic N) is 1. The molecule has 3 rings (SSSR count). The van der Waals surface area contributed by atoms with Gasteiger partial charge >= 0.3 is 17.5 Å². The lowest BCUT2D eigenvalue weighted by molar-refractivity contribution is 0.0878. The summed E-state index contributed by atoms with van der Waals surface area (Å²) in [5, 5.41) is 9.01. The molecule has 144 valence electrons. The van der Waals surface area contributed by atoms with Gasteiger partial charge in [-0.05, 0) is 24.1 Å². The van der Waals surface area contributed by atoms with Gasteiger partial charge in [-0.15, -0.1) is 0 Å². The summed E-state index contributed by atoms with van der Waals surface area (Å²) in [5.74, 6) is 1.44. The van der Waals surface area contributed by atoms with Crippen molar-refractivity contribution in [1.29, 1.82) is 0 Å². The first kappa shape index (κ1) is 18.9. The van der Waals surface area contributed by atoms with Gasteiger partial charge in [0.15, 0.2) is 11.5 Å². The number of amides is 1. The van der Waals surface area contributed by atoms with Gasteiger partial charge in [0.2, 0.25) is 0 Å².